The van der Waals surface area contributed by atoms with Crippen molar-refractivity contribution in [1.82, 2.24) is 4.98 Å². The fourth-order valence-corrected chi connectivity index (χ4v) is 1.87. The standard InChI is InChI=1S/C15H12N2O3/c1-2-14(18)9-12-10-16-8-7-15(12)11-3-5-13(6-4-11)17(19)20/h2-8,10H,1,9H2. The van der Waals surface area contributed by atoms with Crippen LogP contribution in [-0.4, -0.2) is 15.7 Å². The van der Waals surface area contributed by atoms with E-state index in [0.717, 1.165) is 16.7 Å². The molecule has 0 aliphatic rings. The van der Waals surface area contributed by atoms with Crippen LogP contribution in [0.3, 0.4) is 0 Å². The quantitative estimate of drug-likeness (QED) is 0.474. The monoisotopic (exact) mass is 268 g/mol. The molecule has 20 heavy (non-hydrogen) atoms. The lowest BCUT2D eigenvalue weighted by molar-refractivity contribution is -0.384. The van der Waals surface area contributed by atoms with Crippen molar-refractivity contribution in [1.29, 1.82) is 0 Å². The lowest BCUT2D eigenvalue weighted by Crippen LogP contribution is -2.00. The predicted octanol–water partition coefficient (Wildman–Crippen LogP) is 2.95. The first-order valence-electron chi connectivity index (χ1n) is 5.95. The van der Waals surface area contributed by atoms with Gasteiger partial charge >= 0.3 is 0 Å². The molecule has 5 nitrogen and oxygen atoms in total. The van der Waals surface area contributed by atoms with Gasteiger partial charge in [-0.3, -0.25) is 19.9 Å². The van der Waals surface area contributed by atoms with Crippen LogP contribution < -0.4 is 0 Å². The predicted molar refractivity (Wildman–Crippen MR) is 75.2 cm³/mol. The number of allylic oxidation sites excluding steroid dienone is 1. The Morgan fingerprint density at radius 3 is 2.60 bits per heavy atom. The van der Waals surface area contributed by atoms with Crippen molar-refractivity contribution in [2.75, 3.05) is 0 Å². The molecule has 2 aromatic rings. The molecule has 1 aromatic heterocycles. The number of hydrogen-bond acceptors (Lipinski definition) is 4. The van der Waals surface area contributed by atoms with Gasteiger partial charge in [0.25, 0.3) is 5.69 Å². The topological polar surface area (TPSA) is 73.1 Å². The van der Waals surface area contributed by atoms with E-state index < -0.39 is 4.92 Å². The first-order valence-corrected chi connectivity index (χ1v) is 5.95. The third kappa shape index (κ3) is 2.95. The Kier molecular flexibility index (Phi) is 4.00. The number of nitro benzene ring substituents is 1. The maximum Gasteiger partial charge on any atom is 0.269 e. The molecule has 0 unspecified atom stereocenters. The Morgan fingerprint density at radius 2 is 2.00 bits per heavy atom. The van der Waals surface area contributed by atoms with Crippen LogP contribution in [0.1, 0.15) is 5.56 Å². The van der Waals surface area contributed by atoms with Crippen molar-refractivity contribution in [3.63, 3.8) is 0 Å². The van der Waals surface area contributed by atoms with Crippen molar-refractivity contribution in [3.05, 3.63) is 71.1 Å². The third-order valence-corrected chi connectivity index (χ3v) is 2.89. The number of hydrogen-bond donors (Lipinski definition) is 0. The summed E-state index contributed by atoms with van der Waals surface area (Å²) in [6.07, 6.45) is 4.73. The van der Waals surface area contributed by atoms with E-state index in [4.69, 9.17) is 0 Å². The summed E-state index contributed by atoms with van der Waals surface area (Å²) in [4.78, 5) is 25.7. The van der Waals surface area contributed by atoms with Gasteiger partial charge in [0, 0.05) is 30.9 Å². The lowest BCUT2D eigenvalue weighted by atomic mass is 9.98. The first kappa shape index (κ1) is 13.6. The molecule has 5 heteroatoms. The Labute approximate surface area is 115 Å². The molecule has 0 aliphatic carbocycles. The number of non-ortho nitro benzene ring substituents is 1. The number of aromatic nitrogens is 1. The molecule has 0 bridgehead atoms. The molecule has 1 heterocycles. The highest BCUT2D eigenvalue weighted by Crippen LogP contribution is 2.25. The summed E-state index contributed by atoms with van der Waals surface area (Å²) in [7, 11) is 0. The molecule has 0 atom stereocenters. The number of pyridine rings is 1. The second-order valence-electron chi connectivity index (χ2n) is 4.18. The highest BCUT2D eigenvalue weighted by Gasteiger charge is 2.10. The fourth-order valence-electron chi connectivity index (χ4n) is 1.87. The molecule has 0 radical (unpaired) electrons. The van der Waals surface area contributed by atoms with Crippen LogP contribution in [0.5, 0.6) is 0 Å². The highest BCUT2D eigenvalue weighted by atomic mass is 16.6. The minimum absolute atomic E-state index is 0.0338. The molecule has 0 saturated carbocycles. The van der Waals surface area contributed by atoms with Gasteiger partial charge in [-0.1, -0.05) is 6.58 Å². The smallest absolute Gasteiger partial charge is 0.269 e. The second kappa shape index (κ2) is 5.88. The molecule has 0 amide bonds. The molecule has 2 rings (SSSR count). The zero-order valence-corrected chi connectivity index (χ0v) is 10.7. The van der Waals surface area contributed by atoms with Crippen LogP contribution in [-0.2, 0) is 11.2 Å². The van der Waals surface area contributed by atoms with E-state index in [9.17, 15) is 14.9 Å². The van der Waals surface area contributed by atoms with E-state index in [0.29, 0.717) is 0 Å². The van der Waals surface area contributed by atoms with Gasteiger partial charge in [0.05, 0.1) is 4.92 Å². The van der Waals surface area contributed by atoms with Gasteiger partial charge in [-0.15, -0.1) is 0 Å². The van der Waals surface area contributed by atoms with Gasteiger partial charge in [-0.05, 0) is 41.0 Å². The number of nitro groups is 1. The van der Waals surface area contributed by atoms with Crippen molar-refractivity contribution in [3.8, 4) is 11.1 Å². The van der Waals surface area contributed by atoms with E-state index >= 15 is 0 Å². The molecule has 100 valence electrons. The van der Waals surface area contributed by atoms with Gasteiger partial charge in [0.15, 0.2) is 5.78 Å². The molecular weight excluding hydrogens is 256 g/mol. The van der Waals surface area contributed by atoms with Crippen LogP contribution in [0, 0.1) is 10.1 Å². The van der Waals surface area contributed by atoms with Crippen LogP contribution in [0.15, 0.2) is 55.4 Å². The average molecular weight is 268 g/mol. The summed E-state index contributed by atoms with van der Waals surface area (Å²) in [5, 5.41) is 10.6. The lowest BCUT2D eigenvalue weighted by Gasteiger charge is -2.07. The molecule has 0 aliphatic heterocycles. The van der Waals surface area contributed by atoms with Gasteiger partial charge in [0.2, 0.25) is 0 Å². The number of nitrogens with zero attached hydrogens (tertiary/aromatic N) is 2. The fraction of sp³-hybridized carbons (Fsp3) is 0.0667. The van der Waals surface area contributed by atoms with E-state index in [2.05, 4.69) is 11.6 Å². The van der Waals surface area contributed by atoms with E-state index in [1.807, 2.05) is 0 Å². The summed E-state index contributed by atoms with van der Waals surface area (Å²) >= 11 is 0. The van der Waals surface area contributed by atoms with Crippen LogP contribution in [0.25, 0.3) is 11.1 Å². The first-order chi connectivity index (χ1) is 9.61. The van der Waals surface area contributed by atoms with Gasteiger partial charge in [-0.2, -0.15) is 0 Å². The third-order valence-electron chi connectivity index (χ3n) is 2.89. The molecule has 0 fully saturated rings. The molecular formula is C15H12N2O3. The zero-order valence-electron chi connectivity index (χ0n) is 10.7. The number of carbonyl (C=O) groups is 1. The SMILES string of the molecule is C=CC(=O)Cc1cnccc1-c1ccc([N+](=O)[O-])cc1. The van der Waals surface area contributed by atoms with Crippen molar-refractivity contribution >= 4 is 11.5 Å². The number of benzene rings is 1. The number of carbonyl (C=O) groups excluding carboxylic acids is 1. The number of ketones is 1. The summed E-state index contributed by atoms with van der Waals surface area (Å²) in [6, 6.07) is 7.99. The van der Waals surface area contributed by atoms with Gasteiger partial charge in [-0.25, -0.2) is 0 Å². The normalized spacial score (nSPS) is 10.0. The summed E-state index contributed by atoms with van der Waals surface area (Å²) in [6.45, 7) is 3.45. The maximum absolute atomic E-state index is 11.5. The largest absolute Gasteiger partial charge is 0.295 e. The molecule has 0 spiro atoms. The number of rotatable bonds is 5. The maximum atomic E-state index is 11.5. The Hall–Kier alpha value is -2.82. The molecule has 0 saturated heterocycles. The van der Waals surface area contributed by atoms with Crippen LogP contribution in [0.2, 0.25) is 0 Å². The van der Waals surface area contributed by atoms with Crippen LogP contribution in [0.4, 0.5) is 5.69 Å². The minimum atomic E-state index is -0.446. The van der Waals surface area contributed by atoms with Crippen molar-refractivity contribution < 1.29 is 9.72 Å². The molecule has 0 N–H and O–H groups in total. The Bertz CT molecular complexity index is 663. The van der Waals surface area contributed by atoms with E-state index in [1.54, 1.807) is 30.6 Å². The second-order valence-corrected chi connectivity index (χ2v) is 4.18. The van der Waals surface area contributed by atoms with E-state index in [-0.39, 0.29) is 17.9 Å². The average Bonchev–Trinajstić information content (AvgIpc) is 2.48. The molecule has 1 aromatic carbocycles. The van der Waals surface area contributed by atoms with E-state index in [1.165, 1.54) is 18.2 Å². The van der Waals surface area contributed by atoms with Gasteiger partial charge < -0.3 is 0 Å². The summed E-state index contributed by atoms with van der Waals surface area (Å²) in [5.41, 5.74) is 2.45. The zero-order chi connectivity index (χ0) is 14.5. The summed E-state index contributed by atoms with van der Waals surface area (Å²) < 4.78 is 0. The van der Waals surface area contributed by atoms with Gasteiger partial charge in [0.1, 0.15) is 0 Å². The van der Waals surface area contributed by atoms with Crippen molar-refractivity contribution in [2.24, 2.45) is 0 Å². The Balaban J connectivity index is 2.39. The highest BCUT2D eigenvalue weighted by molar-refractivity contribution is 5.92. The Morgan fingerprint density at radius 1 is 1.30 bits per heavy atom. The minimum Gasteiger partial charge on any atom is -0.295 e. The van der Waals surface area contributed by atoms with Crippen LogP contribution >= 0.6 is 0 Å². The summed E-state index contributed by atoms with van der Waals surface area (Å²) in [5.74, 6) is -0.0961. The van der Waals surface area contributed by atoms with Crippen molar-refractivity contribution in [2.45, 2.75) is 6.42 Å².